The van der Waals surface area contributed by atoms with Gasteiger partial charge in [0.1, 0.15) is 0 Å². The Kier molecular flexibility index (Phi) is 4.25. The second-order valence-corrected chi connectivity index (χ2v) is 4.84. The molecule has 0 saturated carbocycles. The third kappa shape index (κ3) is 3.51. The van der Waals surface area contributed by atoms with Gasteiger partial charge in [0.2, 0.25) is 0 Å². The van der Waals surface area contributed by atoms with Crippen LogP contribution in [0.4, 0.5) is 11.4 Å². The van der Waals surface area contributed by atoms with Crippen molar-refractivity contribution < 1.29 is 9.90 Å². The van der Waals surface area contributed by atoms with Crippen LogP contribution in [0.5, 0.6) is 0 Å². The molecule has 0 radical (unpaired) electrons. The SMILES string of the molecule is CC(Cc1ccccc1)Nc1ccc(C(=O)O)c(N)c1. The Labute approximate surface area is 118 Å². The summed E-state index contributed by atoms with van der Waals surface area (Å²) in [7, 11) is 0. The van der Waals surface area contributed by atoms with Crippen LogP contribution in [0, 0.1) is 0 Å². The summed E-state index contributed by atoms with van der Waals surface area (Å²) in [5.41, 5.74) is 8.22. The summed E-state index contributed by atoms with van der Waals surface area (Å²) in [6, 6.07) is 15.3. The lowest BCUT2D eigenvalue weighted by molar-refractivity contribution is 0.0698. The monoisotopic (exact) mass is 270 g/mol. The van der Waals surface area contributed by atoms with E-state index < -0.39 is 5.97 Å². The summed E-state index contributed by atoms with van der Waals surface area (Å²) in [5.74, 6) is -1.01. The van der Waals surface area contributed by atoms with Gasteiger partial charge in [0.15, 0.2) is 0 Å². The van der Waals surface area contributed by atoms with Crippen molar-refractivity contribution in [3.63, 3.8) is 0 Å². The van der Waals surface area contributed by atoms with Crippen LogP contribution in [0.25, 0.3) is 0 Å². The number of nitrogens with two attached hydrogens (primary N) is 1. The number of nitrogens with one attached hydrogen (secondary N) is 1. The number of carbonyl (C=O) groups is 1. The van der Waals surface area contributed by atoms with Crippen molar-refractivity contribution in [1.82, 2.24) is 0 Å². The molecule has 20 heavy (non-hydrogen) atoms. The van der Waals surface area contributed by atoms with Crippen LogP contribution < -0.4 is 11.1 Å². The van der Waals surface area contributed by atoms with E-state index in [0.29, 0.717) is 0 Å². The van der Waals surface area contributed by atoms with Gasteiger partial charge in [-0.2, -0.15) is 0 Å². The summed E-state index contributed by atoms with van der Waals surface area (Å²) in [5, 5.41) is 12.3. The standard InChI is InChI=1S/C16H18N2O2/c1-11(9-12-5-3-2-4-6-12)18-13-7-8-14(16(19)20)15(17)10-13/h2-8,10-11,18H,9,17H2,1H3,(H,19,20). The maximum absolute atomic E-state index is 10.9. The van der Waals surface area contributed by atoms with Crippen molar-refractivity contribution in [2.24, 2.45) is 0 Å². The van der Waals surface area contributed by atoms with E-state index >= 15 is 0 Å². The average molecular weight is 270 g/mol. The number of hydrogen-bond acceptors (Lipinski definition) is 3. The third-order valence-corrected chi connectivity index (χ3v) is 3.08. The van der Waals surface area contributed by atoms with Crippen molar-refractivity contribution in [3.8, 4) is 0 Å². The van der Waals surface area contributed by atoms with E-state index in [4.69, 9.17) is 10.8 Å². The lowest BCUT2D eigenvalue weighted by Gasteiger charge is -2.16. The first kappa shape index (κ1) is 13.9. The Morgan fingerprint density at radius 2 is 1.95 bits per heavy atom. The molecule has 4 heteroatoms. The zero-order valence-electron chi connectivity index (χ0n) is 11.3. The normalized spacial score (nSPS) is 11.8. The second kappa shape index (κ2) is 6.10. The lowest BCUT2D eigenvalue weighted by Crippen LogP contribution is -2.18. The quantitative estimate of drug-likeness (QED) is 0.730. The molecule has 2 aromatic carbocycles. The highest BCUT2D eigenvalue weighted by Crippen LogP contribution is 2.19. The Morgan fingerprint density at radius 1 is 1.25 bits per heavy atom. The zero-order valence-corrected chi connectivity index (χ0v) is 11.3. The first-order chi connectivity index (χ1) is 9.56. The molecule has 0 bridgehead atoms. The Morgan fingerprint density at radius 3 is 2.55 bits per heavy atom. The second-order valence-electron chi connectivity index (χ2n) is 4.84. The lowest BCUT2D eigenvalue weighted by atomic mass is 10.1. The number of carboxylic acids is 1. The van der Waals surface area contributed by atoms with Crippen LogP contribution in [0.15, 0.2) is 48.5 Å². The summed E-state index contributed by atoms with van der Waals surface area (Å²) in [4.78, 5) is 10.9. The molecule has 2 aromatic rings. The van der Waals surface area contributed by atoms with Gasteiger partial charge in [-0.05, 0) is 37.1 Å². The van der Waals surface area contributed by atoms with Crippen LogP contribution in [0.3, 0.4) is 0 Å². The summed E-state index contributed by atoms with van der Waals surface area (Å²) >= 11 is 0. The van der Waals surface area contributed by atoms with Crippen molar-refractivity contribution in [1.29, 1.82) is 0 Å². The van der Waals surface area contributed by atoms with E-state index in [-0.39, 0.29) is 17.3 Å². The smallest absolute Gasteiger partial charge is 0.337 e. The number of anilines is 2. The maximum Gasteiger partial charge on any atom is 0.337 e. The van der Waals surface area contributed by atoms with Gasteiger partial charge in [-0.15, -0.1) is 0 Å². The van der Waals surface area contributed by atoms with Crippen LogP contribution >= 0.6 is 0 Å². The van der Waals surface area contributed by atoms with Crippen LogP contribution in [0.1, 0.15) is 22.8 Å². The molecule has 0 heterocycles. The Balaban J connectivity index is 2.03. The minimum atomic E-state index is -1.01. The summed E-state index contributed by atoms with van der Waals surface area (Å²) in [6.45, 7) is 2.08. The Bertz CT molecular complexity index is 597. The van der Waals surface area contributed by atoms with Crippen molar-refractivity contribution in [3.05, 3.63) is 59.7 Å². The highest BCUT2D eigenvalue weighted by Gasteiger charge is 2.09. The van der Waals surface area contributed by atoms with E-state index in [1.165, 1.54) is 11.6 Å². The fourth-order valence-electron chi connectivity index (χ4n) is 2.15. The highest BCUT2D eigenvalue weighted by atomic mass is 16.4. The first-order valence-corrected chi connectivity index (χ1v) is 6.49. The molecule has 4 N–H and O–H groups in total. The van der Waals surface area contributed by atoms with Gasteiger partial charge in [-0.3, -0.25) is 0 Å². The fraction of sp³-hybridized carbons (Fsp3) is 0.188. The topological polar surface area (TPSA) is 75.3 Å². The van der Waals surface area contributed by atoms with E-state index in [1.54, 1.807) is 12.1 Å². The molecule has 104 valence electrons. The molecule has 4 nitrogen and oxygen atoms in total. The molecule has 0 amide bonds. The summed E-state index contributed by atoms with van der Waals surface area (Å²) < 4.78 is 0. The molecule has 0 aromatic heterocycles. The molecule has 1 atom stereocenters. The number of hydrogen-bond donors (Lipinski definition) is 3. The number of nitrogen functional groups attached to an aromatic ring is 1. The molecule has 0 aliphatic heterocycles. The fourth-order valence-corrected chi connectivity index (χ4v) is 2.15. The van der Waals surface area contributed by atoms with Crippen molar-refractivity contribution in [2.75, 3.05) is 11.1 Å². The average Bonchev–Trinajstić information content (AvgIpc) is 2.39. The predicted octanol–water partition coefficient (Wildman–Crippen LogP) is 3.01. The Hall–Kier alpha value is -2.49. The summed E-state index contributed by atoms with van der Waals surface area (Å²) in [6.07, 6.45) is 0.890. The van der Waals surface area contributed by atoms with Gasteiger partial charge < -0.3 is 16.2 Å². The highest BCUT2D eigenvalue weighted by molar-refractivity contribution is 5.94. The third-order valence-electron chi connectivity index (χ3n) is 3.08. The van der Waals surface area contributed by atoms with Crippen LogP contribution in [-0.2, 0) is 6.42 Å². The molecule has 0 aliphatic carbocycles. The van der Waals surface area contributed by atoms with E-state index in [9.17, 15) is 4.79 Å². The minimum Gasteiger partial charge on any atom is -0.478 e. The van der Waals surface area contributed by atoms with Gasteiger partial charge >= 0.3 is 5.97 Å². The van der Waals surface area contributed by atoms with Gasteiger partial charge in [0.05, 0.1) is 5.56 Å². The van der Waals surface area contributed by atoms with Gasteiger partial charge in [0.25, 0.3) is 0 Å². The molecule has 0 fully saturated rings. The van der Waals surface area contributed by atoms with E-state index in [0.717, 1.165) is 12.1 Å². The minimum absolute atomic E-state index is 0.131. The van der Waals surface area contributed by atoms with Gasteiger partial charge in [-0.25, -0.2) is 4.79 Å². The van der Waals surface area contributed by atoms with Crippen LogP contribution in [-0.4, -0.2) is 17.1 Å². The molecule has 0 aliphatic rings. The molecule has 0 spiro atoms. The molecular formula is C16H18N2O2. The number of benzene rings is 2. The molecular weight excluding hydrogens is 252 g/mol. The van der Waals surface area contributed by atoms with Crippen molar-refractivity contribution in [2.45, 2.75) is 19.4 Å². The largest absolute Gasteiger partial charge is 0.478 e. The molecule has 2 rings (SSSR count). The zero-order chi connectivity index (χ0) is 14.5. The van der Waals surface area contributed by atoms with Crippen molar-refractivity contribution >= 4 is 17.3 Å². The molecule has 0 saturated heterocycles. The van der Waals surface area contributed by atoms with E-state index in [1.807, 2.05) is 18.2 Å². The number of aromatic carboxylic acids is 1. The van der Waals surface area contributed by atoms with E-state index in [2.05, 4.69) is 24.4 Å². The maximum atomic E-state index is 10.9. The number of carboxylic acid groups (broad SMARTS) is 1. The van der Waals surface area contributed by atoms with Crippen LogP contribution in [0.2, 0.25) is 0 Å². The number of rotatable bonds is 5. The predicted molar refractivity (Wildman–Crippen MR) is 81.0 cm³/mol. The first-order valence-electron chi connectivity index (χ1n) is 6.49. The van der Waals surface area contributed by atoms with Gasteiger partial charge in [-0.1, -0.05) is 30.3 Å². The molecule has 1 unspecified atom stereocenters. The van der Waals surface area contributed by atoms with Gasteiger partial charge in [0, 0.05) is 17.4 Å².